The van der Waals surface area contributed by atoms with Crippen molar-refractivity contribution in [1.82, 2.24) is 0 Å². The van der Waals surface area contributed by atoms with Gasteiger partial charge in [-0.25, -0.2) is 0 Å². The molecule has 3 heteroatoms. The average Bonchev–Trinajstić information content (AvgIpc) is 2.88. The first-order valence-corrected chi connectivity index (χ1v) is 7.90. The van der Waals surface area contributed by atoms with E-state index < -0.39 is 5.60 Å². The van der Waals surface area contributed by atoms with Crippen LogP contribution in [-0.2, 0) is 20.9 Å². The number of hydrogen-bond acceptors (Lipinski definition) is 3. The van der Waals surface area contributed by atoms with Crippen LogP contribution in [0.2, 0.25) is 0 Å². The van der Waals surface area contributed by atoms with E-state index in [9.17, 15) is 4.79 Å². The van der Waals surface area contributed by atoms with Gasteiger partial charge in [-0.15, -0.1) is 6.58 Å². The van der Waals surface area contributed by atoms with Crippen LogP contribution in [-0.4, -0.2) is 17.7 Å². The number of esters is 1. The quantitative estimate of drug-likeness (QED) is 0.606. The second-order valence-corrected chi connectivity index (χ2v) is 6.93. The Morgan fingerprint density at radius 3 is 2.55 bits per heavy atom. The number of benzene rings is 1. The first-order chi connectivity index (χ1) is 10.4. The van der Waals surface area contributed by atoms with Crippen molar-refractivity contribution in [3.8, 4) is 0 Å². The van der Waals surface area contributed by atoms with Gasteiger partial charge in [-0.05, 0) is 45.1 Å². The molecule has 0 radical (unpaired) electrons. The standard InChI is InChI=1S/C19H26O3/c1-5-15-11-16(21-13-14-9-7-6-8-10-14)12-17(15)18(20)22-19(2,3)4/h5-10,15-17H,1,11-13H2,2-4H3/t15-,16+,17+/m1/s1. The van der Waals surface area contributed by atoms with Gasteiger partial charge in [-0.3, -0.25) is 4.79 Å². The van der Waals surface area contributed by atoms with Gasteiger partial charge in [0, 0.05) is 0 Å². The van der Waals surface area contributed by atoms with Gasteiger partial charge in [-0.1, -0.05) is 36.4 Å². The second-order valence-electron chi connectivity index (χ2n) is 6.93. The topological polar surface area (TPSA) is 35.5 Å². The van der Waals surface area contributed by atoms with Crippen molar-refractivity contribution in [2.45, 2.75) is 51.9 Å². The van der Waals surface area contributed by atoms with Crippen LogP contribution in [0.1, 0.15) is 39.2 Å². The van der Waals surface area contributed by atoms with E-state index in [1.54, 1.807) is 0 Å². The van der Waals surface area contributed by atoms with Gasteiger partial charge in [0.15, 0.2) is 0 Å². The lowest BCUT2D eigenvalue weighted by Gasteiger charge is -2.23. The molecule has 1 fully saturated rings. The maximum atomic E-state index is 12.3. The lowest BCUT2D eigenvalue weighted by Crippen LogP contribution is -2.30. The third-order valence-corrected chi connectivity index (χ3v) is 3.91. The summed E-state index contributed by atoms with van der Waals surface area (Å²) in [5.74, 6) is -0.142. The third-order valence-electron chi connectivity index (χ3n) is 3.91. The van der Waals surface area contributed by atoms with E-state index in [0.29, 0.717) is 13.0 Å². The molecule has 0 aromatic heterocycles. The van der Waals surface area contributed by atoms with Gasteiger partial charge in [0.2, 0.25) is 0 Å². The predicted molar refractivity (Wildman–Crippen MR) is 87.3 cm³/mol. The highest BCUT2D eigenvalue weighted by Crippen LogP contribution is 2.36. The fraction of sp³-hybridized carbons (Fsp3) is 0.526. The highest BCUT2D eigenvalue weighted by Gasteiger charge is 2.39. The molecule has 0 bridgehead atoms. The molecule has 1 aliphatic carbocycles. The van der Waals surface area contributed by atoms with Crippen LogP contribution in [0.4, 0.5) is 0 Å². The van der Waals surface area contributed by atoms with Crippen LogP contribution in [0.3, 0.4) is 0 Å². The molecule has 1 aromatic carbocycles. The molecule has 1 aromatic rings. The Kier molecular flexibility index (Phi) is 5.41. The summed E-state index contributed by atoms with van der Waals surface area (Å²) >= 11 is 0. The molecule has 0 saturated heterocycles. The third kappa shape index (κ3) is 4.70. The number of hydrogen-bond donors (Lipinski definition) is 0. The minimum Gasteiger partial charge on any atom is -0.460 e. The maximum Gasteiger partial charge on any atom is 0.310 e. The van der Waals surface area contributed by atoms with Gasteiger partial charge >= 0.3 is 5.97 Å². The summed E-state index contributed by atoms with van der Waals surface area (Å²) in [4.78, 5) is 12.3. The average molecular weight is 302 g/mol. The van der Waals surface area contributed by atoms with Crippen molar-refractivity contribution in [3.63, 3.8) is 0 Å². The minimum absolute atomic E-state index is 0.0840. The van der Waals surface area contributed by atoms with E-state index in [1.807, 2.05) is 57.2 Å². The van der Waals surface area contributed by atoms with Crippen molar-refractivity contribution < 1.29 is 14.3 Å². The zero-order chi connectivity index (χ0) is 16.2. The van der Waals surface area contributed by atoms with E-state index in [0.717, 1.165) is 12.0 Å². The van der Waals surface area contributed by atoms with Gasteiger partial charge in [0.05, 0.1) is 18.6 Å². The Morgan fingerprint density at radius 2 is 1.95 bits per heavy atom. The van der Waals surface area contributed by atoms with Gasteiger partial charge in [0.25, 0.3) is 0 Å². The monoisotopic (exact) mass is 302 g/mol. The van der Waals surface area contributed by atoms with Crippen molar-refractivity contribution in [1.29, 1.82) is 0 Å². The molecule has 0 unspecified atom stereocenters. The molecule has 0 N–H and O–H groups in total. The van der Waals surface area contributed by atoms with E-state index >= 15 is 0 Å². The molecule has 1 aliphatic rings. The fourth-order valence-corrected chi connectivity index (χ4v) is 2.86. The van der Waals surface area contributed by atoms with E-state index in [1.165, 1.54) is 0 Å². The molecular weight excluding hydrogens is 276 g/mol. The molecule has 1 saturated carbocycles. The normalized spacial score (nSPS) is 25.0. The molecule has 2 rings (SSSR count). The zero-order valence-corrected chi connectivity index (χ0v) is 13.7. The predicted octanol–water partition coefficient (Wildman–Crippen LogP) is 4.13. The SMILES string of the molecule is C=C[C@@H]1C[C@H](OCc2ccccc2)C[C@@H]1C(=O)OC(C)(C)C. The van der Waals surface area contributed by atoms with Gasteiger partial charge < -0.3 is 9.47 Å². The van der Waals surface area contributed by atoms with Crippen LogP contribution < -0.4 is 0 Å². The largest absolute Gasteiger partial charge is 0.460 e. The molecule has 22 heavy (non-hydrogen) atoms. The summed E-state index contributed by atoms with van der Waals surface area (Å²) in [7, 11) is 0. The molecule has 0 heterocycles. The number of carbonyl (C=O) groups is 1. The van der Waals surface area contributed by atoms with Crippen molar-refractivity contribution >= 4 is 5.97 Å². The maximum absolute atomic E-state index is 12.3. The number of ether oxygens (including phenoxy) is 2. The van der Waals surface area contributed by atoms with Crippen molar-refractivity contribution in [2.75, 3.05) is 0 Å². The summed E-state index contributed by atoms with van der Waals surface area (Å²) < 4.78 is 11.5. The molecular formula is C19H26O3. The summed E-state index contributed by atoms with van der Waals surface area (Å²) in [5.41, 5.74) is 0.699. The summed E-state index contributed by atoms with van der Waals surface area (Å²) in [5, 5.41) is 0. The molecule has 3 atom stereocenters. The molecule has 0 amide bonds. The molecule has 0 spiro atoms. The van der Waals surface area contributed by atoms with Crippen LogP contribution in [0.5, 0.6) is 0 Å². The smallest absolute Gasteiger partial charge is 0.310 e. The van der Waals surface area contributed by atoms with Crippen molar-refractivity contribution in [3.05, 3.63) is 48.6 Å². The lowest BCUT2D eigenvalue weighted by atomic mass is 9.96. The van der Waals surface area contributed by atoms with Crippen LogP contribution in [0.15, 0.2) is 43.0 Å². The Labute approximate surface area is 133 Å². The number of rotatable bonds is 5. The highest BCUT2D eigenvalue weighted by molar-refractivity contribution is 5.74. The fourth-order valence-electron chi connectivity index (χ4n) is 2.86. The molecule has 120 valence electrons. The van der Waals surface area contributed by atoms with Gasteiger partial charge in [0.1, 0.15) is 5.60 Å². The highest BCUT2D eigenvalue weighted by atomic mass is 16.6. The summed E-state index contributed by atoms with van der Waals surface area (Å²) in [6.07, 6.45) is 3.49. The van der Waals surface area contributed by atoms with E-state index in [-0.39, 0.29) is 23.9 Å². The first-order valence-electron chi connectivity index (χ1n) is 7.90. The van der Waals surface area contributed by atoms with Crippen LogP contribution >= 0.6 is 0 Å². The molecule has 0 aliphatic heterocycles. The van der Waals surface area contributed by atoms with E-state index in [4.69, 9.17) is 9.47 Å². The van der Waals surface area contributed by atoms with Crippen molar-refractivity contribution in [2.24, 2.45) is 11.8 Å². The Hall–Kier alpha value is -1.61. The number of carbonyl (C=O) groups excluding carboxylic acids is 1. The number of allylic oxidation sites excluding steroid dienone is 1. The first kappa shape index (κ1) is 16.8. The summed E-state index contributed by atoms with van der Waals surface area (Å²) in [6.45, 7) is 10.1. The Balaban J connectivity index is 1.91. The second kappa shape index (κ2) is 7.10. The molecule has 3 nitrogen and oxygen atoms in total. The van der Waals surface area contributed by atoms with E-state index in [2.05, 4.69) is 6.58 Å². The minimum atomic E-state index is -0.453. The summed E-state index contributed by atoms with van der Waals surface area (Å²) in [6, 6.07) is 10.1. The van der Waals surface area contributed by atoms with Gasteiger partial charge in [-0.2, -0.15) is 0 Å². The van der Waals surface area contributed by atoms with Crippen LogP contribution in [0, 0.1) is 11.8 Å². The van der Waals surface area contributed by atoms with Crippen LogP contribution in [0.25, 0.3) is 0 Å². The Bertz CT molecular complexity index is 501. The Morgan fingerprint density at radius 1 is 1.27 bits per heavy atom. The zero-order valence-electron chi connectivity index (χ0n) is 13.7. The lowest BCUT2D eigenvalue weighted by molar-refractivity contribution is -0.161.